The van der Waals surface area contributed by atoms with Crippen LogP contribution in [-0.2, 0) is 0 Å². The smallest absolute Gasteiger partial charge is 0.239 e. The molecule has 2 aromatic rings. The van der Waals surface area contributed by atoms with E-state index >= 15 is 0 Å². The second kappa shape index (κ2) is 6.43. The Morgan fingerprint density at radius 2 is 2.15 bits per heavy atom. The highest BCUT2D eigenvalue weighted by molar-refractivity contribution is 6.33. The molecule has 0 saturated carbocycles. The van der Waals surface area contributed by atoms with E-state index < -0.39 is 0 Å². The maximum Gasteiger partial charge on any atom is 0.239 e. The molecule has 0 bridgehead atoms. The number of aromatic nitrogens is 1. The zero-order chi connectivity index (χ0) is 14.5. The second-order valence-corrected chi connectivity index (χ2v) is 4.60. The highest BCUT2D eigenvalue weighted by Crippen LogP contribution is 2.28. The maximum atomic E-state index is 13.2. The van der Waals surface area contributed by atoms with Gasteiger partial charge in [0.25, 0.3) is 0 Å². The largest absolute Gasteiger partial charge is 0.476 e. The molecule has 1 heterocycles. The molecular formula is C14H15ClFN3O. The molecule has 1 aromatic carbocycles. The van der Waals surface area contributed by atoms with Crippen LogP contribution in [0.3, 0.4) is 0 Å². The van der Waals surface area contributed by atoms with E-state index in [1.807, 2.05) is 6.92 Å². The molecule has 0 saturated heterocycles. The molecule has 0 unspecified atom stereocenters. The minimum atomic E-state index is -0.380. The summed E-state index contributed by atoms with van der Waals surface area (Å²) >= 11 is 5.99. The van der Waals surface area contributed by atoms with E-state index in [0.717, 1.165) is 6.42 Å². The van der Waals surface area contributed by atoms with Gasteiger partial charge in [0.05, 0.1) is 23.0 Å². The predicted octanol–water partition coefficient (Wildman–Crippen LogP) is 3.99. The minimum Gasteiger partial charge on any atom is -0.476 e. The van der Waals surface area contributed by atoms with Gasteiger partial charge in [-0.1, -0.05) is 18.5 Å². The molecule has 0 radical (unpaired) electrons. The van der Waals surface area contributed by atoms with Gasteiger partial charge in [0.2, 0.25) is 5.88 Å². The van der Waals surface area contributed by atoms with Crippen molar-refractivity contribution < 1.29 is 9.13 Å². The third-order valence-electron chi connectivity index (χ3n) is 2.52. The number of nitrogen functional groups attached to an aromatic ring is 1. The molecular weight excluding hydrogens is 281 g/mol. The quantitative estimate of drug-likeness (QED) is 0.875. The van der Waals surface area contributed by atoms with Gasteiger partial charge >= 0.3 is 0 Å². The van der Waals surface area contributed by atoms with Crippen LogP contribution >= 0.6 is 11.6 Å². The normalized spacial score (nSPS) is 10.3. The first-order chi connectivity index (χ1) is 9.60. The number of rotatable bonds is 5. The van der Waals surface area contributed by atoms with Crippen molar-refractivity contribution in [3.05, 3.63) is 41.2 Å². The number of hydrogen-bond acceptors (Lipinski definition) is 4. The molecule has 4 nitrogen and oxygen atoms in total. The summed E-state index contributed by atoms with van der Waals surface area (Å²) in [6.07, 6.45) is 0.856. The van der Waals surface area contributed by atoms with E-state index in [2.05, 4.69) is 10.3 Å². The minimum absolute atomic E-state index is 0.351. The Hall–Kier alpha value is -2.01. The zero-order valence-electron chi connectivity index (χ0n) is 11.0. The third-order valence-corrected chi connectivity index (χ3v) is 2.85. The Labute approximate surface area is 121 Å². The van der Waals surface area contributed by atoms with Gasteiger partial charge in [-0.2, -0.15) is 4.98 Å². The molecule has 0 atom stereocenters. The van der Waals surface area contributed by atoms with Crippen LogP contribution in [0.25, 0.3) is 0 Å². The van der Waals surface area contributed by atoms with Crippen molar-refractivity contribution in [2.45, 2.75) is 13.3 Å². The van der Waals surface area contributed by atoms with Crippen molar-refractivity contribution in [3.63, 3.8) is 0 Å². The van der Waals surface area contributed by atoms with Gasteiger partial charge in [0.15, 0.2) is 0 Å². The standard InChI is InChI=1S/C14H15ClFN3O/c1-2-7-20-14-11(17)5-6-13(19-14)18-12-8-9(16)3-4-10(12)15/h3-6,8H,2,7,17H2,1H3,(H,18,19). The highest BCUT2D eigenvalue weighted by atomic mass is 35.5. The third kappa shape index (κ3) is 3.51. The van der Waals surface area contributed by atoms with Gasteiger partial charge in [-0.05, 0) is 36.8 Å². The monoisotopic (exact) mass is 295 g/mol. The van der Waals surface area contributed by atoms with Crippen LogP contribution in [0.4, 0.5) is 21.6 Å². The first kappa shape index (κ1) is 14.4. The first-order valence-electron chi connectivity index (χ1n) is 6.21. The number of nitrogens with one attached hydrogen (secondary N) is 1. The van der Waals surface area contributed by atoms with Crippen molar-refractivity contribution in [2.24, 2.45) is 0 Å². The summed E-state index contributed by atoms with van der Waals surface area (Å²) in [7, 11) is 0. The number of hydrogen-bond donors (Lipinski definition) is 2. The summed E-state index contributed by atoms with van der Waals surface area (Å²) in [5.74, 6) is 0.456. The van der Waals surface area contributed by atoms with Crippen LogP contribution in [0.1, 0.15) is 13.3 Å². The van der Waals surface area contributed by atoms with E-state index in [1.165, 1.54) is 18.2 Å². The molecule has 3 N–H and O–H groups in total. The first-order valence-corrected chi connectivity index (χ1v) is 6.59. The van der Waals surface area contributed by atoms with Crippen molar-refractivity contribution in [2.75, 3.05) is 17.7 Å². The van der Waals surface area contributed by atoms with Gasteiger partial charge in [-0.25, -0.2) is 4.39 Å². The van der Waals surface area contributed by atoms with Crippen LogP contribution in [0.5, 0.6) is 5.88 Å². The van der Waals surface area contributed by atoms with Crippen LogP contribution in [-0.4, -0.2) is 11.6 Å². The molecule has 2 rings (SSSR count). The Bertz CT molecular complexity index is 607. The molecule has 1 aromatic heterocycles. The molecule has 0 aliphatic rings. The van der Waals surface area contributed by atoms with Crippen LogP contribution in [0.15, 0.2) is 30.3 Å². The molecule has 106 valence electrons. The lowest BCUT2D eigenvalue weighted by atomic mass is 10.3. The molecule has 0 aliphatic carbocycles. The van der Waals surface area contributed by atoms with Gasteiger partial charge in [-0.3, -0.25) is 0 Å². The number of benzene rings is 1. The number of anilines is 3. The zero-order valence-corrected chi connectivity index (χ0v) is 11.7. The molecule has 0 fully saturated rings. The summed E-state index contributed by atoms with van der Waals surface area (Å²) in [4.78, 5) is 4.24. The Morgan fingerprint density at radius 1 is 1.35 bits per heavy atom. The number of halogens is 2. The Balaban J connectivity index is 2.22. The van der Waals surface area contributed by atoms with Crippen LogP contribution < -0.4 is 15.8 Å². The fraction of sp³-hybridized carbons (Fsp3) is 0.214. The van der Waals surface area contributed by atoms with E-state index in [9.17, 15) is 4.39 Å². The van der Waals surface area contributed by atoms with Crippen LogP contribution in [0, 0.1) is 5.82 Å². The summed E-state index contributed by atoms with van der Waals surface area (Å²) in [6, 6.07) is 7.42. The lowest BCUT2D eigenvalue weighted by Crippen LogP contribution is -2.03. The maximum absolute atomic E-state index is 13.2. The van der Waals surface area contributed by atoms with Gasteiger partial charge in [0, 0.05) is 0 Å². The number of nitrogens with zero attached hydrogens (tertiary/aromatic N) is 1. The fourth-order valence-electron chi connectivity index (χ4n) is 1.57. The highest BCUT2D eigenvalue weighted by Gasteiger charge is 2.07. The molecule has 0 aliphatic heterocycles. The Kier molecular flexibility index (Phi) is 4.63. The van der Waals surface area contributed by atoms with Crippen molar-refractivity contribution in [3.8, 4) is 5.88 Å². The molecule has 6 heteroatoms. The van der Waals surface area contributed by atoms with E-state index in [0.29, 0.717) is 34.7 Å². The summed E-state index contributed by atoms with van der Waals surface area (Å²) in [5, 5.41) is 3.34. The summed E-state index contributed by atoms with van der Waals surface area (Å²) in [6.45, 7) is 2.52. The number of pyridine rings is 1. The van der Waals surface area contributed by atoms with Gasteiger partial charge in [0.1, 0.15) is 11.6 Å². The average Bonchev–Trinajstić information content (AvgIpc) is 2.43. The predicted molar refractivity (Wildman–Crippen MR) is 79.1 cm³/mol. The van der Waals surface area contributed by atoms with Gasteiger partial charge in [-0.15, -0.1) is 0 Å². The van der Waals surface area contributed by atoms with E-state index in [-0.39, 0.29) is 5.82 Å². The molecule has 20 heavy (non-hydrogen) atoms. The van der Waals surface area contributed by atoms with Gasteiger partial charge < -0.3 is 15.8 Å². The van der Waals surface area contributed by atoms with Crippen molar-refractivity contribution in [1.82, 2.24) is 4.98 Å². The molecule has 0 spiro atoms. The SMILES string of the molecule is CCCOc1nc(Nc2cc(F)ccc2Cl)ccc1N. The average molecular weight is 296 g/mol. The number of ether oxygens (including phenoxy) is 1. The second-order valence-electron chi connectivity index (χ2n) is 4.19. The summed E-state index contributed by atoms with van der Waals surface area (Å²) < 4.78 is 18.6. The van der Waals surface area contributed by atoms with E-state index in [4.69, 9.17) is 22.1 Å². The van der Waals surface area contributed by atoms with Crippen molar-refractivity contribution >= 4 is 28.8 Å². The lowest BCUT2D eigenvalue weighted by Gasteiger charge is -2.11. The van der Waals surface area contributed by atoms with Crippen LogP contribution in [0.2, 0.25) is 5.02 Å². The summed E-state index contributed by atoms with van der Waals surface area (Å²) in [5.41, 5.74) is 6.66. The topological polar surface area (TPSA) is 60.2 Å². The fourth-order valence-corrected chi connectivity index (χ4v) is 1.73. The number of nitrogens with two attached hydrogens (primary N) is 1. The Morgan fingerprint density at radius 3 is 2.90 bits per heavy atom. The van der Waals surface area contributed by atoms with Crippen molar-refractivity contribution in [1.29, 1.82) is 0 Å². The molecule has 0 amide bonds. The lowest BCUT2D eigenvalue weighted by molar-refractivity contribution is 0.307. The van der Waals surface area contributed by atoms with E-state index in [1.54, 1.807) is 12.1 Å².